The normalized spacial score (nSPS) is 11.6. The Morgan fingerprint density at radius 1 is 1.43 bits per heavy atom. The van der Waals surface area contributed by atoms with Gasteiger partial charge in [0.2, 0.25) is 5.16 Å². The summed E-state index contributed by atoms with van der Waals surface area (Å²) in [5.74, 6) is 0.321. The fourth-order valence-corrected chi connectivity index (χ4v) is 4.00. The van der Waals surface area contributed by atoms with Crippen LogP contribution in [0.25, 0.3) is 6.08 Å². The van der Waals surface area contributed by atoms with Crippen LogP contribution < -0.4 is 4.74 Å². The standard InChI is InChI=1S/C14H13Br2N3O3S/c1-3-11-17-14(19-18-11)23-10(13(20)21)6-7-4-8(15)12(22-2)9(16)5-7/h4-6H,3H2,1-2H3,(H,20,21)(H,17,18,19)/b10-6-. The number of H-pyrrole nitrogens is 1. The van der Waals surface area contributed by atoms with Gasteiger partial charge in [-0.3, -0.25) is 5.10 Å². The Hall–Kier alpha value is -1.32. The molecule has 0 unspecified atom stereocenters. The van der Waals surface area contributed by atoms with Gasteiger partial charge in [0.15, 0.2) is 0 Å². The largest absolute Gasteiger partial charge is 0.494 e. The SMILES string of the molecule is CCc1nc(S/C(=C\c2cc(Br)c(OC)c(Br)c2)C(=O)O)n[nH]1. The van der Waals surface area contributed by atoms with E-state index in [1.165, 1.54) is 0 Å². The van der Waals surface area contributed by atoms with Crippen LogP contribution in [0.3, 0.4) is 0 Å². The molecular weight excluding hydrogens is 450 g/mol. The predicted molar refractivity (Wildman–Crippen MR) is 95.6 cm³/mol. The van der Waals surface area contributed by atoms with Gasteiger partial charge in [0.25, 0.3) is 0 Å². The number of ether oxygens (including phenoxy) is 1. The van der Waals surface area contributed by atoms with E-state index in [4.69, 9.17) is 4.74 Å². The zero-order valence-electron chi connectivity index (χ0n) is 12.3. The topological polar surface area (TPSA) is 88.1 Å². The average Bonchev–Trinajstić information content (AvgIpc) is 2.94. The van der Waals surface area contributed by atoms with Crippen molar-refractivity contribution in [1.82, 2.24) is 15.2 Å². The summed E-state index contributed by atoms with van der Waals surface area (Å²) in [5, 5.41) is 16.5. The van der Waals surface area contributed by atoms with Gasteiger partial charge in [-0.25, -0.2) is 9.78 Å². The Morgan fingerprint density at radius 2 is 2.09 bits per heavy atom. The highest BCUT2D eigenvalue weighted by Crippen LogP contribution is 2.36. The van der Waals surface area contributed by atoms with E-state index in [1.54, 1.807) is 25.3 Å². The summed E-state index contributed by atoms with van der Waals surface area (Å²) in [6, 6.07) is 3.56. The van der Waals surface area contributed by atoms with E-state index in [0.717, 1.165) is 20.7 Å². The van der Waals surface area contributed by atoms with E-state index in [2.05, 4.69) is 47.0 Å². The quantitative estimate of drug-likeness (QED) is 0.495. The smallest absolute Gasteiger partial charge is 0.342 e. The highest BCUT2D eigenvalue weighted by atomic mass is 79.9. The van der Waals surface area contributed by atoms with Gasteiger partial charge in [0.1, 0.15) is 16.5 Å². The molecule has 2 aromatic rings. The first-order chi connectivity index (χ1) is 10.9. The van der Waals surface area contributed by atoms with Gasteiger partial charge in [-0.05, 0) is 67.4 Å². The lowest BCUT2D eigenvalue weighted by Gasteiger charge is -2.07. The molecule has 0 aliphatic carbocycles. The van der Waals surface area contributed by atoms with Crippen LogP contribution in [-0.2, 0) is 11.2 Å². The molecule has 122 valence electrons. The monoisotopic (exact) mass is 461 g/mol. The van der Waals surface area contributed by atoms with E-state index in [9.17, 15) is 9.90 Å². The Balaban J connectivity index is 2.33. The van der Waals surface area contributed by atoms with Crippen LogP contribution in [0.2, 0.25) is 0 Å². The molecule has 0 atom stereocenters. The number of halogens is 2. The van der Waals surface area contributed by atoms with Crippen molar-refractivity contribution < 1.29 is 14.6 Å². The first kappa shape index (κ1) is 18.0. The number of carbonyl (C=O) groups is 1. The van der Waals surface area contributed by atoms with Gasteiger partial charge < -0.3 is 9.84 Å². The van der Waals surface area contributed by atoms with Crippen LogP contribution in [0.15, 0.2) is 31.1 Å². The van der Waals surface area contributed by atoms with E-state index < -0.39 is 5.97 Å². The van der Waals surface area contributed by atoms with Gasteiger partial charge in [-0.1, -0.05) is 6.92 Å². The summed E-state index contributed by atoms with van der Waals surface area (Å²) in [6.07, 6.45) is 2.27. The second-order valence-corrected chi connectivity index (χ2v) is 7.07. The number of aryl methyl sites for hydroxylation is 1. The minimum Gasteiger partial charge on any atom is -0.494 e. The van der Waals surface area contributed by atoms with Crippen LogP contribution >= 0.6 is 43.6 Å². The average molecular weight is 463 g/mol. The molecule has 6 nitrogen and oxygen atoms in total. The molecule has 2 rings (SSSR count). The first-order valence-electron chi connectivity index (χ1n) is 6.51. The Labute approximate surface area is 154 Å². The molecular formula is C14H13Br2N3O3S. The molecule has 1 aromatic carbocycles. The summed E-state index contributed by atoms with van der Waals surface area (Å²) in [5.41, 5.74) is 0.709. The van der Waals surface area contributed by atoms with Gasteiger partial charge in [-0.2, -0.15) is 0 Å². The molecule has 0 saturated carbocycles. The number of aromatic nitrogens is 3. The molecule has 9 heteroatoms. The second-order valence-electron chi connectivity index (χ2n) is 4.35. The summed E-state index contributed by atoms with van der Waals surface area (Å²) in [4.78, 5) is 15.8. The van der Waals surface area contributed by atoms with Crippen molar-refractivity contribution in [3.8, 4) is 5.75 Å². The van der Waals surface area contributed by atoms with E-state index in [0.29, 0.717) is 28.7 Å². The van der Waals surface area contributed by atoms with Crippen molar-refractivity contribution in [2.45, 2.75) is 18.5 Å². The number of nitrogens with zero attached hydrogens (tertiary/aromatic N) is 2. The highest BCUT2D eigenvalue weighted by molar-refractivity contribution is 9.11. The summed E-state index contributed by atoms with van der Waals surface area (Å²) >= 11 is 7.79. The number of aromatic amines is 1. The molecule has 1 heterocycles. The zero-order valence-corrected chi connectivity index (χ0v) is 16.2. The molecule has 23 heavy (non-hydrogen) atoms. The molecule has 0 saturated heterocycles. The third kappa shape index (κ3) is 4.58. The maximum Gasteiger partial charge on any atom is 0.342 e. The predicted octanol–water partition coefficient (Wildman–Crippen LogP) is 4.12. The van der Waals surface area contributed by atoms with E-state index >= 15 is 0 Å². The Kier molecular flexibility index (Phi) is 6.25. The first-order valence-corrected chi connectivity index (χ1v) is 8.92. The van der Waals surface area contributed by atoms with Gasteiger partial charge in [0.05, 0.1) is 16.1 Å². The molecule has 0 bridgehead atoms. The van der Waals surface area contributed by atoms with Crippen LogP contribution in [-0.4, -0.2) is 33.4 Å². The number of aliphatic carboxylic acids is 1. The molecule has 0 radical (unpaired) electrons. The summed E-state index contributed by atoms with van der Waals surface area (Å²) < 4.78 is 6.68. The number of carboxylic acid groups (broad SMARTS) is 1. The number of hydrogen-bond donors (Lipinski definition) is 2. The number of hydrogen-bond acceptors (Lipinski definition) is 5. The fraction of sp³-hybridized carbons (Fsp3) is 0.214. The number of methoxy groups -OCH3 is 1. The fourth-order valence-electron chi connectivity index (χ4n) is 1.72. The van der Waals surface area contributed by atoms with Crippen molar-refractivity contribution in [1.29, 1.82) is 0 Å². The lowest BCUT2D eigenvalue weighted by Crippen LogP contribution is -1.97. The van der Waals surface area contributed by atoms with Crippen LogP contribution in [0.5, 0.6) is 5.75 Å². The highest BCUT2D eigenvalue weighted by Gasteiger charge is 2.14. The molecule has 0 aliphatic rings. The van der Waals surface area contributed by atoms with Crippen molar-refractivity contribution in [2.24, 2.45) is 0 Å². The van der Waals surface area contributed by atoms with Crippen molar-refractivity contribution in [3.63, 3.8) is 0 Å². The minimum absolute atomic E-state index is 0.121. The van der Waals surface area contributed by atoms with Crippen LogP contribution in [0.1, 0.15) is 18.3 Å². The molecule has 2 N–H and O–H groups in total. The van der Waals surface area contributed by atoms with Crippen LogP contribution in [0, 0.1) is 0 Å². The van der Waals surface area contributed by atoms with E-state index in [1.807, 2.05) is 6.92 Å². The third-order valence-electron chi connectivity index (χ3n) is 2.78. The number of rotatable bonds is 6. The lowest BCUT2D eigenvalue weighted by molar-refractivity contribution is -0.131. The number of benzene rings is 1. The lowest BCUT2D eigenvalue weighted by atomic mass is 10.2. The maximum atomic E-state index is 11.5. The zero-order chi connectivity index (χ0) is 17.0. The molecule has 0 fully saturated rings. The number of nitrogens with one attached hydrogen (secondary N) is 1. The molecule has 0 spiro atoms. The number of carboxylic acids is 1. The molecule has 1 aromatic heterocycles. The Morgan fingerprint density at radius 3 is 2.57 bits per heavy atom. The third-order valence-corrected chi connectivity index (χ3v) is 4.84. The maximum absolute atomic E-state index is 11.5. The summed E-state index contributed by atoms with van der Waals surface area (Å²) in [6.45, 7) is 1.94. The molecule has 0 aliphatic heterocycles. The van der Waals surface area contributed by atoms with Crippen molar-refractivity contribution in [2.75, 3.05) is 7.11 Å². The Bertz CT molecular complexity index is 738. The van der Waals surface area contributed by atoms with Gasteiger partial charge in [0, 0.05) is 6.42 Å². The van der Waals surface area contributed by atoms with Gasteiger partial charge in [-0.15, -0.1) is 5.10 Å². The second kappa shape index (κ2) is 7.98. The van der Waals surface area contributed by atoms with Crippen LogP contribution in [0.4, 0.5) is 0 Å². The molecule has 0 amide bonds. The van der Waals surface area contributed by atoms with Gasteiger partial charge >= 0.3 is 5.97 Å². The van der Waals surface area contributed by atoms with Crippen molar-refractivity contribution in [3.05, 3.63) is 37.4 Å². The minimum atomic E-state index is -1.04. The number of thioether (sulfide) groups is 1. The van der Waals surface area contributed by atoms with Crippen molar-refractivity contribution >= 4 is 55.7 Å². The summed E-state index contributed by atoms with van der Waals surface area (Å²) in [7, 11) is 1.56. The van der Waals surface area contributed by atoms with E-state index in [-0.39, 0.29) is 4.91 Å².